The summed E-state index contributed by atoms with van der Waals surface area (Å²) in [4.78, 5) is 11.8. The Kier molecular flexibility index (Phi) is 8.80. The van der Waals surface area contributed by atoms with Crippen molar-refractivity contribution < 1.29 is 47.7 Å². The van der Waals surface area contributed by atoms with Gasteiger partial charge in [-0.05, 0) is 12.8 Å². The van der Waals surface area contributed by atoms with Gasteiger partial charge in [0.2, 0.25) is 0 Å². The molecule has 25 heavy (non-hydrogen) atoms. The standard InChI is InChI=1S/C13H25NO10S/c14-7(8(16)3-1-2-4-25(20,21)22)6-23-13-12(19)11(18)10(17)9(5-15)24-13/h7,9-13,15,17-19H,1-6,14H2,(H,20,21,22)/t7-,9+,10+,11-,12+,13+/m0/s1. The van der Waals surface area contributed by atoms with Crippen LogP contribution >= 0.6 is 0 Å². The number of unbranched alkanes of at least 4 members (excludes halogenated alkanes) is 1. The Balaban J connectivity index is 2.39. The maximum Gasteiger partial charge on any atom is 0.264 e. The number of nitrogens with two attached hydrogens (primary N) is 1. The summed E-state index contributed by atoms with van der Waals surface area (Å²) in [5.41, 5.74) is 5.64. The largest absolute Gasteiger partial charge is 0.394 e. The van der Waals surface area contributed by atoms with Gasteiger partial charge in [-0.1, -0.05) is 0 Å². The maximum absolute atomic E-state index is 11.8. The van der Waals surface area contributed by atoms with Crippen LogP contribution in [0.25, 0.3) is 0 Å². The van der Waals surface area contributed by atoms with Crippen molar-refractivity contribution in [2.24, 2.45) is 5.73 Å². The summed E-state index contributed by atoms with van der Waals surface area (Å²) in [7, 11) is -4.07. The van der Waals surface area contributed by atoms with Crippen LogP contribution in [0.3, 0.4) is 0 Å². The lowest BCUT2D eigenvalue weighted by Gasteiger charge is -2.39. The zero-order valence-corrected chi connectivity index (χ0v) is 14.3. The van der Waals surface area contributed by atoms with Gasteiger partial charge in [-0.2, -0.15) is 8.42 Å². The first-order valence-electron chi connectivity index (χ1n) is 7.72. The van der Waals surface area contributed by atoms with Crippen molar-refractivity contribution >= 4 is 15.9 Å². The number of aliphatic hydroxyl groups is 4. The predicted molar refractivity (Wildman–Crippen MR) is 83.0 cm³/mol. The molecule has 0 aromatic heterocycles. The van der Waals surface area contributed by atoms with Crippen LogP contribution in [0, 0.1) is 0 Å². The van der Waals surface area contributed by atoms with E-state index >= 15 is 0 Å². The van der Waals surface area contributed by atoms with Crippen LogP contribution in [0.4, 0.5) is 0 Å². The van der Waals surface area contributed by atoms with Gasteiger partial charge in [0.1, 0.15) is 24.4 Å². The third kappa shape index (κ3) is 7.21. The zero-order chi connectivity index (χ0) is 19.2. The van der Waals surface area contributed by atoms with Gasteiger partial charge in [-0.15, -0.1) is 0 Å². The van der Waals surface area contributed by atoms with E-state index in [1.807, 2.05) is 0 Å². The van der Waals surface area contributed by atoms with Gasteiger partial charge in [0.05, 0.1) is 25.0 Å². The first-order valence-corrected chi connectivity index (χ1v) is 9.33. The Labute approximate surface area is 145 Å². The van der Waals surface area contributed by atoms with Gasteiger partial charge in [-0.25, -0.2) is 0 Å². The number of rotatable bonds is 10. The van der Waals surface area contributed by atoms with Gasteiger partial charge < -0.3 is 35.6 Å². The highest BCUT2D eigenvalue weighted by atomic mass is 32.2. The first kappa shape index (κ1) is 22.3. The van der Waals surface area contributed by atoms with E-state index < -0.39 is 65.0 Å². The molecular formula is C13H25NO10S. The maximum atomic E-state index is 11.8. The van der Waals surface area contributed by atoms with E-state index in [1.165, 1.54) is 0 Å². The van der Waals surface area contributed by atoms with Crippen molar-refractivity contribution in [1.82, 2.24) is 0 Å². The number of hydrogen-bond donors (Lipinski definition) is 6. The topological polar surface area (TPSA) is 197 Å². The molecule has 0 radical (unpaired) electrons. The van der Waals surface area contributed by atoms with Crippen molar-refractivity contribution in [3.63, 3.8) is 0 Å². The molecule has 0 aromatic carbocycles. The molecule has 0 amide bonds. The summed E-state index contributed by atoms with van der Waals surface area (Å²) in [6, 6.07) is -1.07. The third-order valence-corrected chi connectivity index (χ3v) is 4.58. The quantitative estimate of drug-likeness (QED) is 0.163. The molecule has 1 aliphatic heterocycles. The van der Waals surface area contributed by atoms with Crippen molar-refractivity contribution in [2.75, 3.05) is 19.0 Å². The lowest BCUT2D eigenvalue weighted by molar-refractivity contribution is -0.301. The second-order valence-corrected chi connectivity index (χ2v) is 7.42. The fourth-order valence-corrected chi connectivity index (χ4v) is 2.83. The van der Waals surface area contributed by atoms with E-state index in [4.69, 9.17) is 24.9 Å². The molecule has 0 unspecified atom stereocenters. The Bertz CT molecular complexity index is 525. The molecule has 1 fully saturated rings. The molecule has 0 aromatic rings. The molecule has 7 N–H and O–H groups in total. The lowest BCUT2D eigenvalue weighted by Crippen LogP contribution is -2.59. The molecule has 1 heterocycles. The van der Waals surface area contributed by atoms with Crippen LogP contribution in [0.5, 0.6) is 0 Å². The van der Waals surface area contributed by atoms with Crippen LogP contribution < -0.4 is 5.73 Å². The normalized spacial score (nSPS) is 31.7. The summed E-state index contributed by atoms with van der Waals surface area (Å²) in [6.07, 6.45) is -6.91. The second kappa shape index (κ2) is 9.85. The van der Waals surface area contributed by atoms with Crippen LogP contribution in [-0.2, 0) is 24.4 Å². The van der Waals surface area contributed by atoms with E-state index in [1.54, 1.807) is 0 Å². The molecule has 148 valence electrons. The number of ether oxygens (including phenoxy) is 2. The van der Waals surface area contributed by atoms with E-state index in [0.29, 0.717) is 0 Å². The van der Waals surface area contributed by atoms with E-state index in [0.717, 1.165) is 0 Å². The average Bonchev–Trinajstić information content (AvgIpc) is 2.54. The summed E-state index contributed by atoms with van der Waals surface area (Å²) in [5, 5.41) is 38.1. The van der Waals surface area contributed by atoms with Gasteiger partial charge in [-0.3, -0.25) is 9.35 Å². The predicted octanol–water partition coefficient (Wildman–Crippen LogP) is -3.24. The van der Waals surface area contributed by atoms with Gasteiger partial charge in [0.15, 0.2) is 12.1 Å². The van der Waals surface area contributed by atoms with Gasteiger partial charge in [0.25, 0.3) is 10.1 Å². The lowest BCUT2D eigenvalue weighted by atomic mass is 9.99. The van der Waals surface area contributed by atoms with Gasteiger partial charge >= 0.3 is 0 Å². The fourth-order valence-electron chi connectivity index (χ4n) is 2.27. The SMILES string of the molecule is N[C@@H](CO[C@@H]1O[C@H](CO)[C@@H](O)[C@H](O)[C@H]1O)C(=O)CCCCS(=O)(=O)O. The minimum absolute atomic E-state index is 0.0191. The van der Waals surface area contributed by atoms with Crippen molar-refractivity contribution in [1.29, 1.82) is 0 Å². The van der Waals surface area contributed by atoms with E-state index in [-0.39, 0.29) is 25.9 Å². The summed E-state index contributed by atoms with van der Waals surface area (Å²) < 4.78 is 39.9. The monoisotopic (exact) mass is 387 g/mol. The van der Waals surface area contributed by atoms with E-state index in [9.17, 15) is 28.5 Å². The number of carbonyl (C=O) groups is 1. The summed E-state index contributed by atoms with van der Waals surface area (Å²) in [6.45, 7) is -0.955. The van der Waals surface area contributed by atoms with Crippen LogP contribution in [0.1, 0.15) is 19.3 Å². The van der Waals surface area contributed by atoms with Crippen molar-refractivity contribution in [3.8, 4) is 0 Å². The van der Waals surface area contributed by atoms with Gasteiger partial charge in [0, 0.05) is 6.42 Å². The Hall–Kier alpha value is -0.700. The molecule has 1 saturated heterocycles. The number of carbonyl (C=O) groups excluding carboxylic acids is 1. The molecule has 1 aliphatic rings. The highest BCUT2D eigenvalue weighted by Gasteiger charge is 2.44. The smallest absolute Gasteiger partial charge is 0.264 e. The molecule has 12 heteroatoms. The summed E-state index contributed by atoms with van der Waals surface area (Å²) in [5.74, 6) is -0.864. The minimum atomic E-state index is -4.07. The Morgan fingerprint density at radius 1 is 1.16 bits per heavy atom. The molecule has 11 nitrogen and oxygen atoms in total. The minimum Gasteiger partial charge on any atom is -0.394 e. The Morgan fingerprint density at radius 2 is 1.80 bits per heavy atom. The number of ketones is 1. The zero-order valence-electron chi connectivity index (χ0n) is 13.5. The van der Waals surface area contributed by atoms with Crippen molar-refractivity contribution in [3.05, 3.63) is 0 Å². The fraction of sp³-hybridized carbons (Fsp3) is 0.923. The van der Waals surface area contributed by atoms with E-state index in [2.05, 4.69) is 0 Å². The highest BCUT2D eigenvalue weighted by molar-refractivity contribution is 7.85. The number of hydrogen-bond acceptors (Lipinski definition) is 10. The first-order chi connectivity index (χ1) is 11.6. The molecule has 6 atom stereocenters. The molecule has 1 rings (SSSR count). The number of aliphatic hydroxyl groups excluding tert-OH is 4. The third-order valence-electron chi connectivity index (χ3n) is 3.78. The Morgan fingerprint density at radius 3 is 2.36 bits per heavy atom. The van der Waals surface area contributed by atoms with Crippen LogP contribution in [0.2, 0.25) is 0 Å². The molecule has 0 bridgehead atoms. The molecule has 0 aliphatic carbocycles. The highest BCUT2D eigenvalue weighted by Crippen LogP contribution is 2.22. The molecule has 0 spiro atoms. The molecule has 0 saturated carbocycles. The summed E-state index contributed by atoms with van der Waals surface area (Å²) >= 11 is 0. The number of Topliss-reactive ketones (excluding diaryl/α,β-unsaturated/α-hetero) is 1. The van der Waals surface area contributed by atoms with Crippen LogP contribution in [-0.4, -0.2) is 94.9 Å². The van der Waals surface area contributed by atoms with Crippen LogP contribution in [0.15, 0.2) is 0 Å². The molecular weight excluding hydrogens is 362 g/mol. The average molecular weight is 387 g/mol. The second-order valence-electron chi connectivity index (χ2n) is 5.85. The van der Waals surface area contributed by atoms with Crippen molar-refractivity contribution in [2.45, 2.75) is 56.0 Å².